The Balaban J connectivity index is 1.45. The molecule has 29 heavy (non-hydrogen) atoms. The molecule has 5 rings (SSSR count). The Kier molecular flexibility index (Phi) is 4.17. The summed E-state index contributed by atoms with van der Waals surface area (Å²) in [5.41, 5.74) is 3.88. The molecule has 0 aromatic heterocycles. The third kappa shape index (κ3) is 3.18. The van der Waals surface area contributed by atoms with E-state index in [9.17, 15) is 4.79 Å². The summed E-state index contributed by atoms with van der Waals surface area (Å²) in [6.45, 7) is 0.776. The molecule has 0 atom stereocenters. The third-order valence-electron chi connectivity index (χ3n) is 5.07. The number of rotatable bonds is 4. The molecule has 1 amide bonds. The highest BCUT2D eigenvalue weighted by molar-refractivity contribution is 6.03. The molecule has 3 heterocycles. The molecule has 3 aliphatic heterocycles. The van der Waals surface area contributed by atoms with Gasteiger partial charge in [-0.15, -0.1) is 0 Å². The predicted molar refractivity (Wildman–Crippen MR) is 110 cm³/mol. The summed E-state index contributed by atoms with van der Waals surface area (Å²) in [6.07, 6.45) is 5.97. The number of hydrogen-bond acceptors (Lipinski definition) is 5. The van der Waals surface area contributed by atoms with Crippen LogP contribution in [0.1, 0.15) is 12.0 Å². The standard InChI is InChI=1S/C23H19N3O3/c1-28-17-6-8-18(9-7-17)29-19-4-2-3-15(13-19)23-24-14-16-5-10-21(27)25-20-11-12-26(23)22(16)20/h2-10,13-14H,11-12H2,1H3,(H,25,27). The summed E-state index contributed by atoms with van der Waals surface area (Å²) in [6, 6.07) is 15.3. The van der Waals surface area contributed by atoms with E-state index in [-0.39, 0.29) is 5.91 Å². The molecule has 0 spiro atoms. The van der Waals surface area contributed by atoms with Crippen LogP contribution < -0.4 is 14.8 Å². The number of nitrogens with zero attached hydrogens (tertiary/aromatic N) is 2. The van der Waals surface area contributed by atoms with Gasteiger partial charge in [0.2, 0.25) is 5.91 Å². The topological polar surface area (TPSA) is 63.2 Å². The average molecular weight is 385 g/mol. The zero-order valence-electron chi connectivity index (χ0n) is 15.9. The van der Waals surface area contributed by atoms with Crippen LogP contribution in [0.3, 0.4) is 0 Å². The Hall–Kier alpha value is -3.80. The van der Waals surface area contributed by atoms with E-state index in [2.05, 4.69) is 15.2 Å². The molecular weight excluding hydrogens is 366 g/mol. The molecule has 2 aromatic rings. The first-order chi connectivity index (χ1) is 14.2. The zero-order chi connectivity index (χ0) is 19.8. The fourth-order valence-corrected chi connectivity index (χ4v) is 3.73. The van der Waals surface area contributed by atoms with Gasteiger partial charge in [0.1, 0.15) is 23.1 Å². The summed E-state index contributed by atoms with van der Waals surface area (Å²) in [4.78, 5) is 18.7. The fourth-order valence-electron chi connectivity index (χ4n) is 3.73. The van der Waals surface area contributed by atoms with Crippen molar-refractivity contribution in [3.8, 4) is 17.2 Å². The van der Waals surface area contributed by atoms with Crippen molar-refractivity contribution >= 4 is 11.7 Å². The van der Waals surface area contributed by atoms with E-state index >= 15 is 0 Å². The molecule has 0 aliphatic carbocycles. The molecule has 0 bridgehead atoms. The summed E-state index contributed by atoms with van der Waals surface area (Å²) in [7, 11) is 1.64. The lowest BCUT2D eigenvalue weighted by Gasteiger charge is -2.27. The molecule has 2 aromatic carbocycles. The Morgan fingerprint density at radius 2 is 1.86 bits per heavy atom. The van der Waals surface area contributed by atoms with E-state index in [4.69, 9.17) is 9.47 Å². The summed E-state index contributed by atoms with van der Waals surface area (Å²) < 4.78 is 11.2. The van der Waals surface area contributed by atoms with Gasteiger partial charge < -0.3 is 19.7 Å². The van der Waals surface area contributed by atoms with Crippen LogP contribution in [0.5, 0.6) is 17.2 Å². The normalized spacial score (nSPS) is 17.3. The van der Waals surface area contributed by atoms with Gasteiger partial charge in [0.25, 0.3) is 0 Å². The second-order valence-electron chi connectivity index (χ2n) is 6.89. The summed E-state index contributed by atoms with van der Waals surface area (Å²) >= 11 is 0. The van der Waals surface area contributed by atoms with Crippen LogP contribution in [0, 0.1) is 0 Å². The first-order valence-corrected chi connectivity index (χ1v) is 9.42. The molecule has 0 radical (unpaired) electrons. The second-order valence-corrected chi connectivity index (χ2v) is 6.89. The van der Waals surface area contributed by atoms with E-state index in [1.807, 2.05) is 60.8 Å². The number of carbonyl (C=O) groups excluding carboxylic acids is 1. The Morgan fingerprint density at radius 1 is 1.03 bits per heavy atom. The van der Waals surface area contributed by atoms with Crippen LogP contribution in [0.25, 0.3) is 0 Å². The van der Waals surface area contributed by atoms with Crippen LogP contribution in [-0.2, 0) is 4.79 Å². The first-order valence-electron chi connectivity index (χ1n) is 9.42. The first kappa shape index (κ1) is 17.3. The van der Waals surface area contributed by atoms with Gasteiger partial charge in [0, 0.05) is 42.1 Å². The minimum absolute atomic E-state index is 0.0962. The van der Waals surface area contributed by atoms with Crippen LogP contribution >= 0.6 is 0 Å². The van der Waals surface area contributed by atoms with E-state index in [0.717, 1.165) is 58.6 Å². The molecule has 0 fully saturated rings. The van der Waals surface area contributed by atoms with E-state index < -0.39 is 0 Å². The van der Waals surface area contributed by atoms with Crippen LogP contribution in [0.2, 0.25) is 0 Å². The molecule has 144 valence electrons. The van der Waals surface area contributed by atoms with Gasteiger partial charge in [-0.25, -0.2) is 4.99 Å². The number of nitrogens with one attached hydrogen (secondary N) is 1. The monoisotopic (exact) mass is 385 g/mol. The van der Waals surface area contributed by atoms with E-state index in [1.54, 1.807) is 13.2 Å². The number of benzene rings is 2. The fraction of sp³-hybridized carbons (Fsp3) is 0.130. The second kappa shape index (κ2) is 6.98. The quantitative estimate of drug-likeness (QED) is 0.871. The maximum absolute atomic E-state index is 11.9. The zero-order valence-corrected chi connectivity index (χ0v) is 15.9. The van der Waals surface area contributed by atoms with Crippen molar-refractivity contribution in [3.05, 3.63) is 89.4 Å². The smallest absolute Gasteiger partial charge is 0.248 e. The predicted octanol–water partition coefficient (Wildman–Crippen LogP) is 3.73. The Bertz CT molecular complexity index is 1110. The lowest BCUT2D eigenvalue weighted by Crippen LogP contribution is -2.31. The molecule has 3 aliphatic rings. The van der Waals surface area contributed by atoms with E-state index in [0.29, 0.717) is 0 Å². The lowest BCUT2D eigenvalue weighted by molar-refractivity contribution is -0.115. The van der Waals surface area contributed by atoms with Crippen molar-refractivity contribution < 1.29 is 14.3 Å². The van der Waals surface area contributed by atoms with Crippen LogP contribution in [0.15, 0.2) is 88.8 Å². The van der Waals surface area contributed by atoms with Crippen molar-refractivity contribution in [2.75, 3.05) is 13.7 Å². The van der Waals surface area contributed by atoms with Crippen molar-refractivity contribution in [2.45, 2.75) is 6.42 Å². The SMILES string of the molecule is COc1ccc(Oc2cccc(C3=NC=C4C=CC(=O)NC5=C4N3CC5)c2)cc1. The number of methoxy groups -OCH3 is 1. The van der Waals surface area contributed by atoms with Gasteiger partial charge in [-0.1, -0.05) is 12.1 Å². The highest BCUT2D eigenvalue weighted by atomic mass is 16.5. The minimum Gasteiger partial charge on any atom is -0.497 e. The molecule has 6 nitrogen and oxygen atoms in total. The van der Waals surface area contributed by atoms with Gasteiger partial charge >= 0.3 is 0 Å². The molecule has 0 saturated carbocycles. The number of amidine groups is 1. The van der Waals surface area contributed by atoms with Crippen molar-refractivity contribution in [2.24, 2.45) is 4.99 Å². The highest BCUT2D eigenvalue weighted by Gasteiger charge is 2.32. The van der Waals surface area contributed by atoms with Crippen LogP contribution in [0.4, 0.5) is 0 Å². The Morgan fingerprint density at radius 3 is 2.69 bits per heavy atom. The van der Waals surface area contributed by atoms with Gasteiger partial charge in [-0.3, -0.25) is 4.79 Å². The number of carbonyl (C=O) groups is 1. The van der Waals surface area contributed by atoms with Gasteiger partial charge in [0.05, 0.1) is 12.8 Å². The number of hydrogen-bond donors (Lipinski definition) is 1. The third-order valence-corrected chi connectivity index (χ3v) is 5.07. The van der Waals surface area contributed by atoms with Crippen molar-refractivity contribution in [3.63, 3.8) is 0 Å². The molecule has 6 heteroatoms. The summed E-state index contributed by atoms with van der Waals surface area (Å²) in [5, 5.41) is 2.98. The number of amides is 1. The maximum Gasteiger partial charge on any atom is 0.248 e. The molecular formula is C23H19N3O3. The van der Waals surface area contributed by atoms with Crippen molar-refractivity contribution in [1.29, 1.82) is 0 Å². The number of allylic oxidation sites excluding steroid dienone is 1. The Labute approximate surface area is 168 Å². The number of ether oxygens (including phenoxy) is 2. The largest absolute Gasteiger partial charge is 0.497 e. The van der Waals surface area contributed by atoms with Gasteiger partial charge in [-0.05, 0) is 42.5 Å². The molecule has 0 unspecified atom stereocenters. The average Bonchev–Trinajstić information content (AvgIpc) is 3.09. The maximum atomic E-state index is 11.9. The van der Waals surface area contributed by atoms with Gasteiger partial charge in [0.15, 0.2) is 0 Å². The molecule has 0 saturated heterocycles. The summed E-state index contributed by atoms with van der Waals surface area (Å²) in [5.74, 6) is 3.00. The minimum atomic E-state index is -0.0962. The number of aliphatic imine (C=N–C) groups is 1. The van der Waals surface area contributed by atoms with Gasteiger partial charge in [-0.2, -0.15) is 0 Å². The van der Waals surface area contributed by atoms with E-state index in [1.165, 1.54) is 0 Å². The lowest BCUT2D eigenvalue weighted by atomic mass is 10.1. The van der Waals surface area contributed by atoms with Crippen LogP contribution in [-0.4, -0.2) is 30.3 Å². The highest BCUT2D eigenvalue weighted by Crippen LogP contribution is 2.35. The molecule has 1 N–H and O–H groups in total. The van der Waals surface area contributed by atoms with Crippen molar-refractivity contribution in [1.82, 2.24) is 10.2 Å².